The summed E-state index contributed by atoms with van der Waals surface area (Å²) in [6.45, 7) is 3.80. The summed E-state index contributed by atoms with van der Waals surface area (Å²) in [4.78, 5) is 18.3. The summed E-state index contributed by atoms with van der Waals surface area (Å²) < 4.78 is 57.9. The molecule has 0 aliphatic carbocycles. The third-order valence-electron chi connectivity index (χ3n) is 4.80. The average molecular weight is 436 g/mol. The van der Waals surface area contributed by atoms with E-state index in [-0.39, 0.29) is 41.4 Å². The third-order valence-corrected chi connectivity index (χ3v) is 4.80. The Bertz CT molecular complexity index is 1140. The number of carboxylic acids is 1. The highest BCUT2D eigenvalue weighted by atomic mass is 19.4. The minimum atomic E-state index is -4.68. The molecule has 1 saturated heterocycles. The van der Waals surface area contributed by atoms with Crippen molar-refractivity contribution in [2.75, 3.05) is 13.2 Å². The molecule has 31 heavy (non-hydrogen) atoms. The van der Waals surface area contributed by atoms with Gasteiger partial charge in [-0.05, 0) is 44.2 Å². The Kier molecular flexibility index (Phi) is 5.14. The zero-order chi connectivity index (χ0) is 22.4. The van der Waals surface area contributed by atoms with Gasteiger partial charge in [-0.1, -0.05) is 6.07 Å². The molecule has 0 spiro atoms. The molecule has 0 radical (unpaired) electrons. The van der Waals surface area contributed by atoms with Crippen LogP contribution in [0.4, 0.5) is 13.2 Å². The summed E-state index contributed by atoms with van der Waals surface area (Å²) in [5.74, 6) is -2.04. The minimum absolute atomic E-state index is 0.0201. The molecule has 1 aliphatic rings. The molecule has 2 aromatic carbocycles. The fraction of sp³-hybridized carbons (Fsp3) is 0.333. The molecule has 1 atom stereocenters. The summed E-state index contributed by atoms with van der Waals surface area (Å²) in [5.41, 5.74) is -0.863. The van der Waals surface area contributed by atoms with E-state index in [1.807, 2.05) is 0 Å². The van der Waals surface area contributed by atoms with Crippen molar-refractivity contribution >= 4 is 17.0 Å². The number of fused-ring (bicyclic) bond motifs is 1. The molecule has 0 amide bonds. The van der Waals surface area contributed by atoms with E-state index >= 15 is 0 Å². The molecule has 7 nitrogen and oxygen atoms in total. The number of aromatic carboxylic acids is 1. The number of para-hydroxylation sites is 1. The van der Waals surface area contributed by atoms with E-state index in [1.54, 1.807) is 19.9 Å². The highest BCUT2D eigenvalue weighted by Crippen LogP contribution is 2.39. The molecule has 164 valence electrons. The Morgan fingerprint density at radius 3 is 2.74 bits per heavy atom. The van der Waals surface area contributed by atoms with Crippen LogP contribution in [0, 0.1) is 0 Å². The van der Waals surface area contributed by atoms with Crippen LogP contribution in [0.3, 0.4) is 0 Å². The van der Waals surface area contributed by atoms with Gasteiger partial charge in [0.05, 0.1) is 23.3 Å². The molecule has 3 aromatic rings. The van der Waals surface area contributed by atoms with Crippen molar-refractivity contribution in [1.29, 1.82) is 0 Å². The largest absolute Gasteiger partial charge is 0.491 e. The van der Waals surface area contributed by atoms with Gasteiger partial charge in [0, 0.05) is 5.56 Å². The first-order valence-corrected chi connectivity index (χ1v) is 9.42. The number of hydrogen-bond acceptors (Lipinski definition) is 5. The average Bonchev–Trinajstić information content (AvgIpc) is 3.27. The molecule has 0 bridgehead atoms. The number of carbonyl (C=O) groups is 1. The lowest BCUT2D eigenvalue weighted by Gasteiger charge is -2.18. The highest BCUT2D eigenvalue weighted by molar-refractivity contribution is 6.01. The number of H-pyrrole nitrogens is 1. The normalized spacial score (nSPS) is 18.4. The minimum Gasteiger partial charge on any atom is -0.491 e. The van der Waals surface area contributed by atoms with Crippen LogP contribution < -0.4 is 4.74 Å². The van der Waals surface area contributed by atoms with Gasteiger partial charge in [-0.25, -0.2) is 9.78 Å². The van der Waals surface area contributed by atoms with Crippen molar-refractivity contribution < 1.29 is 37.3 Å². The van der Waals surface area contributed by atoms with Gasteiger partial charge in [0.25, 0.3) is 0 Å². The van der Waals surface area contributed by atoms with E-state index in [2.05, 4.69) is 9.97 Å². The SMILES string of the molecule is CC1(C)OC[C@H](COc2ccc(-c3nc4c(C(=O)O)cccc4[nH]3)c(C(F)(F)F)c2)O1. The Morgan fingerprint density at radius 1 is 1.32 bits per heavy atom. The quantitative estimate of drug-likeness (QED) is 0.613. The van der Waals surface area contributed by atoms with Gasteiger partial charge in [-0.15, -0.1) is 0 Å². The number of imidazole rings is 1. The highest BCUT2D eigenvalue weighted by Gasteiger charge is 2.36. The van der Waals surface area contributed by atoms with Crippen molar-refractivity contribution in [3.63, 3.8) is 0 Å². The Labute approximate surface area is 174 Å². The standard InChI is InChI=1S/C21H19F3N2O5/c1-20(2)30-10-12(31-20)9-29-11-6-7-13(15(8-11)21(22,23)24)18-25-16-5-3-4-14(19(27)28)17(16)26-18/h3-8,12H,9-10H2,1-2H3,(H,25,26)(H,27,28)/t12-/m0/s1. The van der Waals surface area contributed by atoms with E-state index in [9.17, 15) is 23.1 Å². The molecule has 0 unspecified atom stereocenters. The first-order chi connectivity index (χ1) is 14.5. The predicted molar refractivity (Wildman–Crippen MR) is 104 cm³/mol. The van der Waals surface area contributed by atoms with E-state index in [0.717, 1.165) is 6.07 Å². The van der Waals surface area contributed by atoms with Crippen molar-refractivity contribution in [2.24, 2.45) is 0 Å². The van der Waals surface area contributed by atoms with Gasteiger partial charge in [0.2, 0.25) is 0 Å². The Balaban J connectivity index is 1.66. The van der Waals surface area contributed by atoms with Gasteiger partial charge >= 0.3 is 12.1 Å². The van der Waals surface area contributed by atoms with E-state index in [4.69, 9.17) is 14.2 Å². The van der Waals surface area contributed by atoms with Crippen molar-refractivity contribution in [2.45, 2.75) is 31.9 Å². The van der Waals surface area contributed by atoms with Crippen LogP contribution in [0.1, 0.15) is 29.8 Å². The maximum atomic E-state index is 13.8. The van der Waals surface area contributed by atoms with Crippen LogP contribution in [-0.4, -0.2) is 46.1 Å². The van der Waals surface area contributed by atoms with Crippen LogP contribution in [0.15, 0.2) is 36.4 Å². The second-order valence-corrected chi connectivity index (χ2v) is 7.56. The van der Waals surface area contributed by atoms with Crippen molar-refractivity contribution in [3.05, 3.63) is 47.5 Å². The number of halogens is 3. The summed E-state index contributed by atoms with van der Waals surface area (Å²) in [5, 5.41) is 9.29. The van der Waals surface area contributed by atoms with Crippen molar-refractivity contribution in [3.8, 4) is 17.1 Å². The Morgan fingerprint density at radius 2 is 2.10 bits per heavy atom. The lowest BCUT2D eigenvalue weighted by molar-refractivity contribution is -0.141. The molecular formula is C21H19F3N2O5. The number of aromatic nitrogens is 2. The van der Waals surface area contributed by atoms with Gasteiger partial charge < -0.3 is 24.3 Å². The van der Waals surface area contributed by atoms with E-state index < -0.39 is 29.6 Å². The van der Waals surface area contributed by atoms with E-state index in [1.165, 1.54) is 24.3 Å². The Hall–Kier alpha value is -3.11. The lowest BCUT2D eigenvalue weighted by atomic mass is 10.1. The van der Waals surface area contributed by atoms with Gasteiger partial charge in [-0.3, -0.25) is 0 Å². The monoisotopic (exact) mass is 436 g/mol. The van der Waals surface area contributed by atoms with Crippen LogP contribution in [0.25, 0.3) is 22.4 Å². The maximum Gasteiger partial charge on any atom is 0.417 e. The molecule has 2 N–H and O–H groups in total. The molecule has 1 fully saturated rings. The topological polar surface area (TPSA) is 93.7 Å². The van der Waals surface area contributed by atoms with E-state index in [0.29, 0.717) is 5.52 Å². The van der Waals surface area contributed by atoms with Crippen LogP contribution in [-0.2, 0) is 15.7 Å². The summed E-state index contributed by atoms with van der Waals surface area (Å²) >= 11 is 0. The first-order valence-electron chi connectivity index (χ1n) is 9.42. The van der Waals surface area contributed by atoms with Gasteiger partial charge in [-0.2, -0.15) is 13.2 Å². The molecule has 1 aromatic heterocycles. The second-order valence-electron chi connectivity index (χ2n) is 7.56. The number of rotatable bonds is 5. The third kappa shape index (κ3) is 4.35. The summed E-state index contributed by atoms with van der Waals surface area (Å²) in [7, 11) is 0. The van der Waals surface area contributed by atoms with Crippen molar-refractivity contribution in [1.82, 2.24) is 9.97 Å². The number of benzene rings is 2. The molecule has 10 heteroatoms. The second kappa shape index (κ2) is 7.54. The number of hydrogen-bond donors (Lipinski definition) is 2. The van der Waals surface area contributed by atoms with Crippen LogP contribution in [0.2, 0.25) is 0 Å². The first kappa shape index (κ1) is 21.1. The molecule has 2 heterocycles. The zero-order valence-electron chi connectivity index (χ0n) is 16.6. The number of carboxylic acid groups (broad SMARTS) is 1. The smallest absolute Gasteiger partial charge is 0.417 e. The number of alkyl halides is 3. The molecular weight excluding hydrogens is 417 g/mol. The number of aromatic amines is 1. The fourth-order valence-corrected chi connectivity index (χ4v) is 3.42. The number of nitrogens with zero attached hydrogens (tertiary/aromatic N) is 1. The number of nitrogens with one attached hydrogen (secondary N) is 1. The lowest BCUT2D eigenvalue weighted by Crippen LogP contribution is -2.25. The van der Waals surface area contributed by atoms with Crippen LogP contribution in [0.5, 0.6) is 5.75 Å². The maximum absolute atomic E-state index is 13.8. The molecule has 1 aliphatic heterocycles. The fourth-order valence-electron chi connectivity index (χ4n) is 3.42. The van der Waals surface area contributed by atoms with Gasteiger partial charge in [0.15, 0.2) is 5.79 Å². The predicted octanol–water partition coefficient (Wildman–Crippen LogP) is 4.48. The zero-order valence-corrected chi connectivity index (χ0v) is 16.6. The summed E-state index contributed by atoms with van der Waals surface area (Å²) in [6, 6.07) is 7.91. The number of ether oxygens (including phenoxy) is 3. The molecule has 0 saturated carbocycles. The molecule has 4 rings (SSSR count). The summed E-state index contributed by atoms with van der Waals surface area (Å²) in [6.07, 6.45) is -5.08. The van der Waals surface area contributed by atoms with Gasteiger partial charge in [0.1, 0.15) is 29.8 Å². The van der Waals surface area contributed by atoms with Crippen LogP contribution >= 0.6 is 0 Å².